The van der Waals surface area contributed by atoms with Gasteiger partial charge in [-0.05, 0) is 24.0 Å². The van der Waals surface area contributed by atoms with Crippen molar-refractivity contribution in [2.24, 2.45) is 0 Å². The minimum Gasteiger partial charge on any atom is -0.481 e. The van der Waals surface area contributed by atoms with Crippen molar-refractivity contribution >= 4 is 11.9 Å². The number of hydrogen-bond acceptors (Lipinski definition) is 3. The van der Waals surface area contributed by atoms with Gasteiger partial charge >= 0.3 is 11.9 Å². The van der Waals surface area contributed by atoms with E-state index in [-0.39, 0.29) is 18.5 Å². The van der Waals surface area contributed by atoms with Crippen LogP contribution in [0.4, 0.5) is 0 Å². The highest BCUT2D eigenvalue weighted by Gasteiger charge is 2.18. The van der Waals surface area contributed by atoms with Crippen molar-refractivity contribution in [3.63, 3.8) is 0 Å². The fourth-order valence-electron chi connectivity index (χ4n) is 3.03. The van der Waals surface area contributed by atoms with Gasteiger partial charge in [0.2, 0.25) is 0 Å². The molecule has 0 saturated heterocycles. The lowest BCUT2D eigenvalue weighted by Gasteiger charge is -2.19. The third-order valence-electron chi connectivity index (χ3n) is 4.48. The zero-order chi connectivity index (χ0) is 19.3. The quantitative estimate of drug-likeness (QED) is 0.395. The zero-order valence-corrected chi connectivity index (χ0v) is 15.7. The minimum atomic E-state index is -0.732. The van der Waals surface area contributed by atoms with E-state index in [1.165, 1.54) is 0 Å². The van der Waals surface area contributed by atoms with Crippen molar-refractivity contribution in [3.8, 4) is 0 Å². The molecule has 0 radical (unpaired) electrons. The Bertz CT molecular complexity index is 643. The van der Waals surface area contributed by atoms with E-state index in [0.29, 0.717) is 6.42 Å². The number of esters is 1. The van der Waals surface area contributed by atoms with E-state index in [1.54, 1.807) is 0 Å². The van der Waals surface area contributed by atoms with Gasteiger partial charge in [-0.25, -0.2) is 0 Å². The second-order valence-electron chi connectivity index (χ2n) is 6.71. The number of aliphatic carboxylic acids is 1. The van der Waals surface area contributed by atoms with Crippen LogP contribution in [0, 0.1) is 0 Å². The average Bonchev–Trinajstić information content (AvgIpc) is 2.69. The molecule has 0 heterocycles. The molecule has 4 heteroatoms. The monoisotopic (exact) mass is 368 g/mol. The van der Waals surface area contributed by atoms with Crippen molar-refractivity contribution in [2.45, 2.75) is 57.5 Å². The van der Waals surface area contributed by atoms with Crippen LogP contribution in [0.3, 0.4) is 0 Å². The van der Waals surface area contributed by atoms with Crippen molar-refractivity contribution in [3.05, 3.63) is 71.8 Å². The van der Waals surface area contributed by atoms with Crippen LogP contribution in [0.15, 0.2) is 60.7 Å². The first-order valence-corrected chi connectivity index (χ1v) is 9.68. The maximum Gasteiger partial charge on any atom is 0.306 e. The average molecular weight is 368 g/mol. The number of benzene rings is 2. The summed E-state index contributed by atoms with van der Waals surface area (Å²) in [5.41, 5.74) is 1.94. The van der Waals surface area contributed by atoms with E-state index in [4.69, 9.17) is 9.84 Å². The molecular formula is C23H28O4. The maximum absolute atomic E-state index is 12.3. The maximum atomic E-state index is 12.3. The molecule has 27 heavy (non-hydrogen) atoms. The van der Waals surface area contributed by atoms with Crippen LogP contribution in [0.2, 0.25) is 0 Å². The Balaban J connectivity index is 1.75. The summed E-state index contributed by atoms with van der Waals surface area (Å²) in [6.45, 7) is 0. The van der Waals surface area contributed by atoms with Gasteiger partial charge in [0.1, 0.15) is 0 Å². The van der Waals surface area contributed by atoms with Crippen LogP contribution in [-0.4, -0.2) is 17.0 Å². The summed E-state index contributed by atoms with van der Waals surface area (Å²) in [4.78, 5) is 22.8. The zero-order valence-electron chi connectivity index (χ0n) is 15.7. The lowest BCUT2D eigenvalue weighted by molar-refractivity contribution is -0.147. The Morgan fingerprint density at radius 2 is 1.15 bits per heavy atom. The number of rotatable bonds is 12. The van der Waals surface area contributed by atoms with Gasteiger partial charge < -0.3 is 9.84 Å². The van der Waals surface area contributed by atoms with Crippen LogP contribution >= 0.6 is 0 Å². The van der Waals surface area contributed by atoms with E-state index >= 15 is 0 Å². The molecule has 0 aliphatic carbocycles. The third-order valence-corrected chi connectivity index (χ3v) is 4.48. The van der Waals surface area contributed by atoms with Gasteiger partial charge in [0.05, 0.1) is 0 Å². The summed E-state index contributed by atoms with van der Waals surface area (Å²) in [5, 5.41) is 8.60. The van der Waals surface area contributed by atoms with Gasteiger partial charge in [0, 0.05) is 12.8 Å². The van der Waals surface area contributed by atoms with Gasteiger partial charge in [-0.2, -0.15) is 0 Å². The van der Waals surface area contributed by atoms with E-state index in [1.807, 2.05) is 60.7 Å². The third kappa shape index (κ3) is 8.07. The lowest BCUT2D eigenvalue weighted by atomic mass is 10.0. The Morgan fingerprint density at radius 1 is 0.704 bits per heavy atom. The first-order valence-electron chi connectivity index (χ1n) is 9.68. The SMILES string of the molecule is O=C(O)CCCCCCCCC(=O)OC(c1ccccc1)c1ccccc1. The van der Waals surface area contributed by atoms with Crippen molar-refractivity contribution < 1.29 is 19.4 Å². The van der Waals surface area contributed by atoms with Crippen LogP contribution in [0.5, 0.6) is 0 Å². The smallest absolute Gasteiger partial charge is 0.306 e. The molecule has 4 nitrogen and oxygen atoms in total. The molecule has 0 spiro atoms. The summed E-state index contributed by atoms with van der Waals surface area (Å²) in [6.07, 6.45) is 5.73. The fourth-order valence-corrected chi connectivity index (χ4v) is 3.03. The highest BCUT2D eigenvalue weighted by Crippen LogP contribution is 2.26. The standard InChI is InChI=1S/C23H28O4/c24-21(25)17-11-3-1-2-4-12-18-22(26)27-23(19-13-7-5-8-14-19)20-15-9-6-10-16-20/h5-10,13-16,23H,1-4,11-12,17-18H2,(H,24,25). The highest BCUT2D eigenvalue weighted by molar-refractivity contribution is 5.70. The minimum absolute atomic E-state index is 0.182. The molecule has 0 atom stereocenters. The molecule has 0 bridgehead atoms. The molecule has 0 aromatic heterocycles. The number of carboxylic acid groups (broad SMARTS) is 1. The van der Waals surface area contributed by atoms with Gasteiger partial charge in [0.25, 0.3) is 0 Å². The molecule has 0 aliphatic rings. The molecule has 0 unspecified atom stereocenters. The Hall–Kier alpha value is -2.62. The number of hydrogen-bond donors (Lipinski definition) is 1. The van der Waals surface area contributed by atoms with Crippen molar-refractivity contribution in [1.82, 2.24) is 0 Å². The first kappa shape index (κ1) is 20.7. The Kier molecular flexibility index (Phi) is 9.11. The van der Waals surface area contributed by atoms with E-state index in [2.05, 4.69) is 0 Å². The number of carboxylic acids is 1. The van der Waals surface area contributed by atoms with Crippen molar-refractivity contribution in [1.29, 1.82) is 0 Å². The van der Waals surface area contributed by atoms with E-state index in [9.17, 15) is 9.59 Å². The Morgan fingerprint density at radius 3 is 1.63 bits per heavy atom. The summed E-state index contributed by atoms with van der Waals surface area (Å²) < 4.78 is 5.79. The summed E-state index contributed by atoms with van der Waals surface area (Å²) in [5.74, 6) is -0.914. The second kappa shape index (κ2) is 11.9. The normalized spacial score (nSPS) is 10.7. The van der Waals surface area contributed by atoms with E-state index < -0.39 is 5.97 Å². The molecular weight excluding hydrogens is 340 g/mol. The van der Waals surface area contributed by atoms with Gasteiger partial charge in [-0.3, -0.25) is 9.59 Å². The number of carbonyl (C=O) groups excluding carboxylic acids is 1. The predicted octanol–water partition coefficient (Wildman–Crippen LogP) is 5.52. The van der Waals surface area contributed by atoms with Gasteiger partial charge in [-0.1, -0.05) is 86.3 Å². The Labute approximate surface area is 161 Å². The highest BCUT2D eigenvalue weighted by atomic mass is 16.5. The second-order valence-corrected chi connectivity index (χ2v) is 6.71. The fraction of sp³-hybridized carbons (Fsp3) is 0.391. The van der Waals surface area contributed by atoms with Crippen LogP contribution in [0.1, 0.15) is 68.6 Å². The van der Waals surface area contributed by atoms with E-state index in [0.717, 1.165) is 49.7 Å². The largest absolute Gasteiger partial charge is 0.481 e. The van der Waals surface area contributed by atoms with Crippen LogP contribution in [0.25, 0.3) is 0 Å². The lowest BCUT2D eigenvalue weighted by Crippen LogP contribution is -2.12. The summed E-state index contributed by atoms with van der Waals surface area (Å²) in [7, 11) is 0. The van der Waals surface area contributed by atoms with Gasteiger partial charge in [0.15, 0.2) is 6.10 Å². The first-order chi connectivity index (χ1) is 13.2. The molecule has 2 aromatic rings. The van der Waals surface area contributed by atoms with Gasteiger partial charge in [-0.15, -0.1) is 0 Å². The van der Waals surface area contributed by atoms with Crippen LogP contribution in [-0.2, 0) is 14.3 Å². The predicted molar refractivity (Wildman–Crippen MR) is 105 cm³/mol. The number of unbranched alkanes of at least 4 members (excludes halogenated alkanes) is 5. The molecule has 1 N–H and O–H groups in total. The molecule has 2 rings (SSSR count). The number of carbonyl (C=O) groups is 2. The topological polar surface area (TPSA) is 63.6 Å². The molecule has 2 aromatic carbocycles. The molecule has 0 amide bonds. The summed E-state index contributed by atoms with van der Waals surface area (Å²) in [6, 6.07) is 19.6. The molecule has 0 fully saturated rings. The van der Waals surface area contributed by atoms with Crippen LogP contribution < -0.4 is 0 Å². The summed E-state index contributed by atoms with van der Waals surface area (Å²) >= 11 is 0. The molecule has 0 saturated carbocycles. The molecule has 0 aliphatic heterocycles. The van der Waals surface area contributed by atoms with Crippen molar-refractivity contribution in [2.75, 3.05) is 0 Å². The molecule has 144 valence electrons. The number of ether oxygens (including phenoxy) is 1.